The predicted octanol–water partition coefficient (Wildman–Crippen LogP) is 30.7. The molecule has 28 rings (SSSR count). The molecular formula is C125H74N16. The summed E-state index contributed by atoms with van der Waals surface area (Å²) >= 11 is 0. The van der Waals surface area contributed by atoms with Gasteiger partial charge in [0.05, 0.1) is 95.7 Å². The zero-order chi connectivity index (χ0) is 93.4. The number of aromatic nitrogens is 15. The zero-order valence-corrected chi connectivity index (χ0v) is 75.4. The SMILES string of the molecule is [C-]#[N+]c1ccc2c(c1)c1cc(-c3ccc(-c4nc5ccccc5c5c6cccnc6c6ncccc6c45)cc3)ccc1n2-c1ccccc1.c1ccc(-c2cc(-c3ccccc3)nc(-c3ccc(-c4nc5ccccc5c5c6cccnc6c6ncccc6c45)cc3)n2)cc1.c1ccc(-c2nc(-c3ccccc3)nc(-c3ccc(-c4nc5ccccc5c5c6cccnc6c6ncccc6c45)cc3)n2)cc1. The fourth-order valence-electron chi connectivity index (χ4n) is 20.2. The first-order chi connectivity index (χ1) is 69.9. The van der Waals surface area contributed by atoms with Crippen molar-refractivity contribution in [2.45, 2.75) is 0 Å². The molecule has 0 bridgehead atoms. The highest BCUT2D eigenvalue weighted by molar-refractivity contribution is 6.35. The van der Waals surface area contributed by atoms with E-state index in [9.17, 15) is 0 Å². The van der Waals surface area contributed by atoms with Crippen LogP contribution in [-0.2, 0) is 0 Å². The standard InChI is InChI=1S/C44H25N5.C41H25N5.C40H24N6/c1-45-30-20-22-39-36(26-30)35-25-29(19-21-38(35)49(39)31-9-3-2-4-10-31)27-15-17-28(18-16-27)42-41-34-13-8-24-47-44(34)43-33(12-7-23-46-43)40(41)32-11-5-6-14-37(32)48-42;1-3-11-26(12-4-1)34-25-35(27-13-5-2-6-14-27)46-41(45-34)29-21-19-28(20-22-29)38-37-32-17-10-24-43-40(32)39-31(16-9-23-42-39)36(37)30-15-7-8-18-33(30)44-38;1-3-11-26(12-4-1)38-44-39(27-13-5-2-6-14-27)46-40(45-38)28-21-19-25(20-22-28)35-34-31-17-10-24-42-37(31)36-30(16-9-23-41-36)33(34)29-15-7-8-18-32(29)43-35/h2-26H;1-25H;1-24H. The van der Waals surface area contributed by atoms with E-state index in [-0.39, 0.29) is 0 Å². The molecule has 16 nitrogen and oxygen atoms in total. The van der Waals surface area contributed by atoms with Crippen molar-refractivity contribution in [3.63, 3.8) is 0 Å². The average Bonchev–Trinajstić information content (AvgIpc) is 1.72. The molecule has 16 heteroatoms. The monoisotopic (exact) mass is 1800 g/mol. The van der Waals surface area contributed by atoms with Gasteiger partial charge >= 0.3 is 0 Å². The molecule has 0 aliphatic rings. The fourth-order valence-corrected chi connectivity index (χ4v) is 20.2. The van der Waals surface area contributed by atoms with Crippen LogP contribution in [0.25, 0.3) is 276 Å². The number of nitrogens with zero attached hydrogens (tertiary/aromatic N) is 16. The smallest absolute Gasteiger partial charge is 0.188 e. The van der Waals surface area contributed by atoms with Crippen molar-refractivity contribution in [1.82, 2.24) is 74.3 Å². The van der Waals surface area contributed by atoms with Gasteiger partial charge in [0.25, 0.3) is 0 Å². The molecule has 0 aliphatic heterocycles. The summed E-state index contributed by atoms with van der Waals surface area (Å²) in [4.78, 5) is 72.9. The van der Waals surface area contributed by atoms with Gasteiger partial charge in [-0.25, -0.2) is 44.7 Å². The van der Waals surface area contributed by atoms with Crippen molar-refractivity contribution < 1.29 is 0 Å². The minimum absolute atomic E-state index is 0.613. The molecule has 654 valence electrons. The molecule has 0 fully saturated rings. The lowest BCUT2D eigenvalue weighted by Gasteiger charge is -2.15. The van der Waals surface area contributed by atoms with Crippen LogP contribution in [0.4, 0.5) is 5.69 Å². The van der Waals surface area contributed by atoms with Gasteiger partial charge in [-0.3, -0.25) is 29.9 Å². The van der Waals surface area contributed by atoms with Crippen molar-refractivity contribution in [2.75, 3.05) is 0 Å². The average molecular weight is 1800 g/mol. The lowest BCUT2D eigenvalue weighted by molar-refractivity contribution is 1.07. The molecule has 0 radical (unpaired) electrons. The third-order valence-corrected chi connectivity index (χ3v) is 26.6. The third-order valence-electron chi connectivity index (χ3n) is 26.6. The third kappa shape index (κ3) is 14.5. The Morgan fingerprint density at radius 2 is 0.454 bits per heavy atom. The van der Waals surface area contributed by atoms with Crippen LogP contribution >= 0.6 is 0 Å². The number of fused-ring (bicyclic) bond motifs is 27. The van der Waals surface area contributed by atoms with Crippen LogP contribution in [-0.4, -0.2) is 74.3 Å². The molecule has 0 aliphatic carbocycles. The van der Waals surface area contributed by atoms with Gasteiger partial charge in [0, 0.05) is 179 Å². The van der Waals surface area contributed by atoms with E-state index in [4.69, 9.17) is 76.3 Å². The second-order valence-electron chi connectivity index (χ2n) is 34.8. The van der Waals surface area contributed by atoms with Crippen molar-refractivity contribution in [1.29, 1.82) is 0 Å². The van der Waals surface area contributed by atoms with Gasteiger partial charge in [0.1, 0.15) is 0 Å². The van der Waals surface area contributed by atoms with Crippen LogP contribution in [0.3, 0.4) is 0 Å². The van der Waals surface area contributed by atoms with Gasteiger partial charge in [-0.2, -0.15) is 0 Å². The number of rotatable bonds is 11. The summed E-state index contributed by atoms with van der Waals surface area (Å²) in [7, 11) is 0. The lowest BCUT2D eigenvalue weighted by Crippen LogP contribution is -2.00. The molecule has 0 saturated heterocycles. The van der Waals surface area contributed by atoms with Crippen molar-refractivity contribution >= 4 is 158 Å². The normalized spacial score (nSPS) is 11.5. The van der Waals surface area contributed by atoms with Crippen LogP contribution < -0.4 is 0 Å². The number of hydrogen-bond donors (Lipinski definition) is 0. The van der Waals surface area contributed by atoms with E-state index in [0.717, 1.165) is 248 Å². The number of pyridine rings is 9. The van der Waals surface area contributed by atoms with Gasteiger partial charge < -0.3 is 4.57 Å². The highest BCUT2D eigenvalue weighted by Crippen LogP contribution is 2.48. The second-order valence-corrected chi connectivity index (χ2v) is 34.8. The minimum Gasteiger partial charge on any atom is -0.309 e. The maximum Gasteiger partial charge on any atom is 0.188 e. The maximum absolute atomic E-state index is 7.65. The van der Waals surface area contributed by atoms with Crippen molar-refractivity contribution in [3.05, 3.63) is 461 Å². The van der Waals surface area contributed by atoms with Crippen LogP contribution in [0, 0.1) is 6.57 Å². The first kappa shape index (κ1) is 82.1. The van der Waals surface area contributed by atoms with E-state index in [2.05, 4.69) is 252 Å². The molecule has 141 heavy (non-hydrogen) atoms. The van der Waals surface area contributed by atoms with E-state index in [0.29, 0.717) is 29.0 Å². The molecule has 0 spiro atoms. The molecule has 0 saturated carbocycles. The fraction of sp³-hybridized carbons (Fsp3) is 0. The predicted molar refractivity (Wildman–Crippen MR) is 573 cm³/mol. The van der Waals surface area contributed by atoms with Gasteiger partial charge in [0.2, 0.25) is 0 Å². The molecule has 0 unspecified atom stereocenters. The summed E-state index contributed by atoms with van der Waals surface area (Å²) in [5.74, 6) is 2.56. The summed E-state index contributed by atoms with van der Waals surface area (Å²) in [5, 5.41) is 18.4. The lowest BCUT2D eigenvalue weighted by atomic mass is 9.92. The van der Waals surface area contributed by atoms with Crippen LogP contribution in [0.2, 0.25) is 0 Å². The van der Waals surface area contributed by atoms with E-state index < -0.39 is 0 Å². The maximum atomic E-state index is 7.65. The molecule has 16 aromatic carbocycles. The second kappa shape index (κ2) is 34.7. The minimum atomic E-state index is 0.613. The topological polar surface area (TPSA) is 190 Å². The highest BCUT2D eigenvalue weighted by Gasteiger charge is 2.26. The molecular weight excluding hydrogens is 1730 g/mol. The summed E-state index contributed by atoms with van der Waals surface area (Å²) in [6, 6.07) is 141. The molecule has 28 aromatic rings. The Morgan fingerprint density at radius 3 is 0.809 bits per heavy atom. The van der Waals surface area contributed by atoms with Gasteiger partial charge in [-0.05, 0) is 114 Å². The summed E-state index contributed by atoms with van der Waals surface area (Å²) in [5.41, 5.74) is 27.6. The molecule has 0 N–H and O–H groups in total. The molecule has 12 aromatic heterocycles. The number of hydrogen-bond acceptors (Lipinski definition) is 14. The molecule has 0 amide bonds. The zero-order valence-electron chi connectivity index (χ0n) is 75.4. The van der Waals surface area contributed by atoms with E-state index in [1.54, 1.807) is 0 Å². The van der Waals surface area contributed by atoms with E-state index >= 15 is 0 Å². The Morgan fingerprint density at radius 1 is 0.184 bits per heavy atom. The van der Waals surface area contributed by atoms with Gasteiger partial charge in [-0.15, -0.1) is 0 Å². The number of para-hydroxylation sites is 4. The summed E-state index contributed by atoms with van der Waals surface area (Å²) in [6.07, 6.45) is 11.0. The Hall–Kier alpha value is -19.6. The summed E-state index contributed by atoms with van der Waals surface area (Å²) in [6.45, 7) is 7.65. The van der Waals surface area contributed by atoms with Crippen LogP contribution in [0.15, 0.2) is 450 Å². The Kier molecular flexibility index (Phi) is 20.2. The quantitative estimate of drug-likeness (QED) is 0.0878. The highest BCUT2D eigenvalue weighted by atomic mass is 15.0. The van der Waals surface area contributed by atoms with E-state index in [1.165, 1.54) is 0 Å². The van der Waals surface area contributed by atoms with E-state index in [1.807, 2.05) is 207 Å². The first-order valence-corrected chi connectivity index (χ1v) is 46.6. The summed E-state index contributed by atoms with van der Waals surface area (Å²) < 4.78 is 2.28. The first-order valence-electron chi connectivity index (χ1n) is 46.6. The molecule has 12 heterocycles. The molecule has 0 atom stereocenters. The van der Waals surface area contributed by atoms with Gasteiger partial charge in [-0.1, -0.05) is 315 Å². The van der Waals surface area contributed by atoms with Crippen molar-refractivity contribution in [3.8, 4) is 119 Å². The van der Waals surface area contributed by atoms with Crippen LogP contribution in [0.1, 0.15) is 0 Å². The van der Waals surface area contributed by atoms with Crippen molar-refractivity contribution in [2.24, 2.45) is 0 Å². The Bertz CT molecular complexity index is 9450. The Labute approximate surface area is 806 Å². The van der Waals surface area contributed by atoms with Crippen LogP contribution in [0.5, 0.6) is 0 Å². The largest absolute Gasteiger partial charge is 0.309 e. The Balaban J connectivity index is 0.000000109. The number of benzene rings is 16. The van der Waals surface area contributed by atoms with Gasteiger partial charge in [0.15, 0.2) is 29.0 Å².